The van der Waals surface area contributed by atoms with E-state index in [9.17, 15) is 9.59 Å². The van der Waals surface area contributed by atoms with Crippen molar-refractivity contribution in [1.29, 1.82) is 0 Å². The van der Waals surface area contributed by atoms with E-state index in [2.05, 4.69) is 10.6 Å². The number of anilines is 1. The molecule has 0 saturated heterocycles. The highest BCUT2D eigenvalue weighted by Gasteiger charge is 2.21. The van der Waals surface area contributed by atoms with Crippen molar-refractivity contribution in [3.05, 3.63) is 41.1 Å². The first-order chi connectivity index (χ1) is 12.9. The summed E-state index contributed by atoms with van der Waals surface area (Å²) in [6.45, 7) is 0. The van der Waals surface area contributed by atoms with Crippen LogP contribution in [-0.2, 0) is 4.79 Å². The SMILES string of the molecule is O=C(O)c1ccc(-c2ccc(NC(=S)NC(=O)C3CCCCC3)cc2Cl)o1. The maximum absolute atomic E-state index is 12.2. The summed E-state index contributed by atoms with van der Waals surface area (Å²) in [5, 5.41) is 15.2. The van der Waals surface area contributed by atoms with Crippen LogP contribution in [0.2, 0.25) is 5.02 Å². The van der Waals surface area contributed by atoms with Crippen LogP contribution in [-0.4, -0.2) is 22.1 Å². The number of hydrogen-bond donors (Lipinski definition) is 3. The maximum atomic E-state index is 12.2. The highest BCUT2D eigenvalue weighted by Crippen LogP contribution is 2.31. The number of furan rings is 1. The van der Waals surface area contributed by atoms with Gasteiger partial charge < -0.3 is 20.2 Å². The molecule has 8 heteroatoms. The van der Waals surface area contributed by atoms with Crippen molar-refractivity contribution in [2.75, 3.05) is 5.32 Å². The minimum atomic E-state index is -1.14. The summed E-state index contributed by atoms with van der Waals surface area (Å²) >= 11 is 11.5. The first-order valence-electron chi connectivity index (χ1n) is 8.69. The molecule has 0 atom stereocenters. The molecular formula is C19H19ClN2O4S. The number of halogens is 1. The molecule has 1 aliphatic carbocycles. The lowest BCUT2D eigenvalue weighted by Crippen LogP contribution is -2.38. The number of carbonyl (C=O) groups is 2. The molecule has 0 unspecified atom stereocenters. The van der Waals surface area contributed by atoms with Gasteiger partial charge in [0.05, 0.1) is 5.02 Å². The number of rotatable bonds is 4. The van der Waals surface area contributed by atoms with Gasteiger partial charge in [-0.1, -0.05) is 30.9 Å². The number of aromatic carboxylic acids is 1. The Bertz CT molecular complexity index is 874. The molecule has 27 heavy (non-hydrogen) atoms. The zero-order valence-electron chi connectivity index (χ0n) is 14.5. The third-order valence-electron chi connectivity index (χ3n) is 4.52. The number of thiocarbonyl (C=S) groups is 1. The number of hydrogen-bond acceptors (Lipinski definition) is 4. The third-order valence-corrected chi connectivity index (χ3v) is 5.04. The van der Waals surface area contributed by atoms with Gasteiger partial charge in [0.25, 0.3) is 0 Å². The molecule has 0 spiro atoms. The Labute approximate surface area is 166 Å². The van der Waals surface area contributed by atoms with E-state index in [4.69, 9.17) is 33.3 Å². The summed E-state index contributed by atoms with van der Waals surface area (Å²) in [6, 6.07) is 7.98. The van der Waals surface area contributed by atoms with Gasteiger partial charge in [0.2, 0.25) is 11.7 Å². The predicted octanol–water partition coefficient (Wildman–Crippen LogP) is 4.69. The van der Waals surface area contributed by atoms with Crippen molar-refractivity contribution in [2.24, 2.45) is 5.92 Å². The fourth-order valence-corrected chi connectivity index (χ4v) is 3.62. The second-order valence-electron chi connectivity index (χ2n) is 6.44. The predicted molar refractivity (Wildman–Crippen MR) is 107 cm³/mol. The fraction of sp³-hybridized carbons (Fsp3) is 0.316. The standard InChI is InChI=1S/C19H19ClN2O4S/c20-14-10-12(6-7-13(14)15-8-9-16(26-15)18(24)25)21-19(27)22-17(23)11-4-2-1-3-5-11/h6-11H,1-5H2,(H,24,25)(H2,21,22,23,27). The smallest absolute Gasteiger partial charge is 0.371 e. The van der Waals surface area contributed by atoms with Gasteiger partial charge in [-0.05, 0) is 55.4 Å². The van der Waals surface area contributed by atoms with E-state index in [1.165, 1.54) is 12.5 Å². The second kappa shape index (κ2) is 8.54. The van der Waals surface area contributed by atoms with E-state index in [0.29, 0.717) is 22.0 Å². The van der Waals surface area contributed by atoms with Gasteiger partial charge in [-0.2, -0.15) is 0 Å². The molecule has 1 aromatic carbocycles. The van der Waals surface area contributed by atoms with Crippen LogP contribution in [0.25, 0.3) is 11.3 Å². The highest BCUT2D eigenvalue weighted by atomic mass is 35.5. The zero-order chi connectivity index (χ0) is 19.4. The molecule has 1 heterocycles. The van der Waals surface area contributed by atoms with Crippen LogP contribution in [0, 0.1) is 5.92 Å². The van der Waals surface area contributed by atoms with E-state index in [0.717, 1.165) is 25.7 Å². The molecule has 6 nitrogen and oxygen atoms in total. The minimum Gasteiger partial charge on any atom is -0.475 e. The zero-order valence-corrected chi connectivity index (χ0v) is 16.0. The van der Waals surface area contributed by atoms with Gasteiger partial charge in [0, 0.05) is 17.2 Å². The van der Waals surface area contributed by atoms with Crippen molar-refractivity contribution in [3.8, 4) is 11.3 Å². The van der Waals surface area contributed by atoms with Crippen LogP contribution in [0.15, 0.2) is 34.7 Å². The number of nitrogens with one attached hydrogen (secondary N) is 2. The van der Waals surface area contributed by atoms with Crippen LogP contribution in [0.3, 0.4) is 0 Å². The van der Waals surface area contributed by atoms with E-state index in [1.807, 2.05) is 0 Å². The largest absolute Gasteiger partial charge is 0.475 e. The quantitative estimate of drug-likeness (QED) is 0.638. The van der Waals surface area contributed by atoms with Crippen LogP contribution >= 0.6 is 23.8 Å². The van der Waals surface area contributed by atoms with Gasteiger partial charge in [-0.15, -0.1) is 0 Å². The van der Waals surface area contributed by atoms with Crippen LogP contribution in [0.5, 0.6) is 0 Å². The average molecular weight is 407 g/mol. The van der Waals surface area contributed by atoms with E-state index in [1.54, 1.807) is 24.3 Å². The Morgan fingerprint density at radius 1 is 1.15 bits per heavy atom. The Balaban J connectivity index is 1.63. The van der Waals surface area contributed by atoms with Crippen molar-refractivity contribution < 1.29 is 19.1 Å². The molecular weight excluding hydrogens is 388 g/mol. The summed E-state index contributed by atoms with van der Waals surface area (Å²) in [5.74, 6) is -0.972. The van der Waals surface area contributed by atoms with Gasteiger partial charge in [-0.25, -0.2) is 4.79 Å². The Morgan fingerprint density at radius 2 is 1.89 bits per heavy atom. The molecule has 0 aliphatic heterocycles. The number of carboxylic acids is 1. The van der Waals surface area contributed by atoms with Gasteiger partial charge >= 0.3 is 5.97 Å². The van der Waals surface area contributed by atoms with Crippen molar-refractivity contribution in [3.63, 3.8) is 0 Å². The second-order valence-corrected chi connectivity index (χ2v) is 7.26. The summed E-state index contributed by atoms with van der Waals surface area (Å²) < 4.78 is 5.27. The highest BCUT2D eigenvalue weighted by molar-refractivity contribution is 7.80. The Hall–Kier alpha value is -2.38. The maximum Gasteiger partial charge on any atom is 0.371 e. The summed E-state index contributed by atoms with van der Waals surface area (Å²) in [5.41, 5.74) is 1.18. The summed E-state index contributed by atoms with van der Waals surface area (Å²) in [7, 11) is 0. The van der Waals surface area contributed by atoms with Gasteiger partial charge in [0.15, 0.2) is 5.11 Å². The lowest BCUT2D eigenvalue weighted by atomic mass is 9.89. The molecule has 2 aromatic rings. The molecule has 1 fully saturated rings. The first-order valence-corrected chi connectivity index (χ1v) is 9.47. The number of amides is 1. The molecule has 1 aliphatic rings. The molecule has 1 amide bonds. The molecule has 1 saturated carbocycles. The van der Waals surface area contributed by atoms with E-state index < -0.39 is 5.97 Å². The summed E-state index contributed by atoms with van der Waals surface area (Å²) in [6.07, 6.45) is 5.13. The van der Waals surface area contributed by atoms with Crippen molar-refractivity contribution in [1.82, 2.24) is 5.32 Å². The average Bonchev–Trinajstić information content (AvgIpc) is 3.12. The minimum absolute atomic E-state index is 0.0202. The van der Waals surface area contributed by atoms with E-state index in [-0.39, 0.29) is 22.7 Å². The molecule has 3 N–H and O–H groups in total. The number of carbonyl (C=O) groups excluding carboxylic acids is 1. The molecule has 3 rings (SSSR count). The fourth-order valence-electron chi connectivity index (χ4n) is 3.13. The van der Waals surface area contributed by atoms with Gasteiger partial charge in [0.1, 0.15) is 5.76 Å². The Kier molecular flexibility index (Phi) is 6.13. The molecule has 0 bridgehead atoms. The lowest BCUT2D eigenvalue weighted by Gasteiger charge is -2.21. The topological polar surface area (TPSA) is 91.6 Å². The van der Waals surface area contributed by atoms with E-state index >= 15 is 0 Å². The van der Waals surface area contributed by atoms with Crippen LogP contribution in [0.1, 0.15) is 42.7 Å². The van der Waals surface area contributed by atoms with Crippen LogP contribution < -0.4 is 10.6 Å². The van der Waals surface area contributed by atoms with Crippen LogP contribution in [0.4, 0.5) is 5.69 Å². The first kappa shape index (κ1) is 19.4. The molecule has 142 valence electrons. The normalized spacial score (nSPS) is 14.6. The molecule has 0 radical (unpaired) electrons. The molecule has 1 aromatic heterocycles. The third kappa shape index (κ3) is 4.87. The lowest BCUT2D eigenvalue weighted by molar-refractivity contribution is -0.124. The van der Waals surface area contributed by atoms with Crippen molar-refractivity contribution >= 4 is 46.5 Å². The summed E-state index contributed by atoms with van der Waals surface area (Å²) in [4.78, 5) is 23.2. The number of carboxylic acid groups (broad SMARTS) is 1. The van der Waals surface area contributed by atoms with Crippen molar-refractivity contribution in [2.45, 2.75) is 32.1 Å². The monoisotopic (exact) mass is 406 g/mol. The number of benzene rings is 1. The Morgan fingerprint density at radius 3 is 2.52 bits per heavy atom. The van der Waals surface area contributed by atoms with Gasteiger partial charge in [-0.3, -0.25) is 4.79 Å².